The second-order valence-corrected chi connectivity index (χ2v) is 4.81. The van der Waals surface area contributed by atoms with Crippen molar-refractivity contribution in [2.75, 3.05) is 14.2 Å². The normalized spacial score (nSPS) is 10.3. The molecule has 0 heterocycles. The zero-order valence-electron chi connectivity index (χ0n) is 12.7. The number of hydrogen-bond donors (Lipinski definition) is 1. The van der Waals surface area contributed by atoms with Gasteiger partial charge < -0.3 is 19.9 Å². The first kappa shape index (κ1) is 15.2. The van der Waals surface area contributed by atoms with E-state index in [9.17, 15) is 0 Å². The minimum absolute atomic E-state index is 0.422. The molecule has 0 bridgehead atoms. The van der Waals surface area contributed by atoms with Gasteiger partial charge in [0.2, 0.25) is 5.75 Å². The van der Waals surface area contributed by atoms with E-state index in [0.29, 0.717) is 30.4 Å². The fourth-order valence-electron chi connectivity index (χ4n) is 2.03. The fourth-order valence-corrected chi connectivity index (χ4v) is 2.03. The molecule has 2 aromatic rings. The Morgan fingerprint density at radius 1 is 0.905 bits per heavy atom. The average Bonchev–Trinajstić information content (AvgIpc) is 2.53. The minimum Gasteiger partial charge on any atom is -0.493 e. The van der Waals surface area contributed by atoms with Crippen molar-refractivity contribution in [1.82, 2.24) is 0 Å². The summed E-state index contributed by atoms with van der Waals surface area (Å²) < 4.78 is 16.6. The quantitative estimate of drug-likeness (QED) is 0.887. The summed E-state index contributed by atoms with van der Waals surface area (Å²) >= 11 is 0. The minimum atomic E-state index is 0.422. The van der Waals surface area contributed by atoms with Gasteiger partial charge in [0.15, 0.2) is 11.5 Å². The molecule has 4 nitrogen and oxygen atoms in total. The molecule has 0 fully saturated rings. The van der Waals surface area contributed by atoms with Crippen LogP contribution < -0.4 is 19.9 Å². The van der Waals surface area contributed by atoms with Crippen LogP contribution in [0.25, 0.3) is 0 Å². The zero-order chi connectivity index (χ0) is 15.2. The van der Waals surface area contributed by atoms with E-state index < -0.39 is 0 Å². The van der Waals surface area contributed by atoms with Gasteiger partial charge in [0.1, 0.15) is 6.61 Å². The van der Waals surface area contributed by atoms with E-state index in [1.54, 1.807) is 14.2 Å². The molecule has 0 aromatic heterocycles. The predicted octanol–water partition coefficient (Wildman–Crippen LogP) is 3.05. The van der Waals surface area contributed by atoms with E-state index in [0.717, 1.165) is 11.1 Å². The zero-order valence-corrected chi connectivity index (χ0v) is 12.7. The largest absolute Gasteiger partial charge is 0.493 e. The molecular formula is C17H21NO3. The molecule has 0 atom stereocenters. The molecule has 21 heavy (non-hydrogen) atoms. The lowest BCUT2D eigenvalue weighted by molar-refractivity contribution is 0.265. The highest BCUT2D eigenvalue weighted by Crippen LogP contribution is 2.39. The Morgan fingerprint density at radius 3 is 1.95 bits per heavy atom. The van der Waals surface area contributed by atoms with Crippen molar-refractivity contribution in [3.63, 3.8) is 0 Å². The van der Waals surface area contributed by atoms with Crippen LogP contribution in [-0.2, 0) is 13.2 Å². The second-order valence-electron chi connectivity index (χ2n) is 4.81. The monoisotopic (exact) mass is 287 g/mol. The molecule has 2 N–H and O–H groups in total. The highest BCUT2D eigenvalue weighted by molar-refractivity contribution is 5.54. The summed E-state index contributed by atoms with van der Waals surface area (Å²) in [5, 5.41) is 0. The first-order valence-corrected chi connectivity index (χ1v) is 6.81. The van der Waals surface area contributed by atoms with Crippen molar-refractivity contribution in [1.29, 1.82) is 0 Å². The topological polar surface area (TPSA) is 53.7 Å². The van der Waals surface area contributed by atoms with E-state index in [1.807, 2.05) is 24.3 Å². The maximum absolute atomic E-state index is 5.88. The number of ether oxygens (including phenoxy) is 3. The number of nitrogens with two attached hydrogens (primary N) is 1. The molecule has 0 aliphatic heterocycles. The smallest absolute Gasteiger partial charge is 0.203 e. The highest BCUT2D eigenvalue weighted by Gasteiger charge is 2.14. The van der Waals surface area contributed by atoms with Crippen LogP contribution in [0.3, 0.4) is 0 Å². The number of benzene rings is 2. The van der Waals surface area contributed by atoms with E-state index in [4.69, 9.17) is 19.9 Å². The first-order chi connectivity index (χ1) is 10.2. The van der Waals surface area contributed by atoms with E-state index in [1.165, 1.54) is 5.56 Å². The third kappa shape index (κ3) is 3.67. The lowest BCUT2D eigenvalue weighted by atomic mass is 10.1. The number of hydrogen-bond acceptors (Lipinski definition) is 4. The first-order valence-electron chi connectivity index (χ1n) is 6.81. The van der Waals surface area contributed by atoms with Crippen molar-refractivity contribution in [3.05, 3.63) is 53.1 Å². The Morgan fingerprint density at radius 2 is 1.48 bits per heavy atom. The fraction of sp³-hybridized carbons (Fsp3) is 0.294. The molecule has 0 unspecified atom stereocenters. The van der Waals surface area contributed by atoms with Gasteiger partial charge in [-0.1, -0.05) is 29.8 Å². The molecule has 0 spiro atoms. The van der Waals surface area contributed by atoms with Gasteiger partial charge in [-0.05, 0) is 30.2 Å². The number of methoxy groups -OCH3 is 2. The van der Waals surface area contributed by atoms with Gasteiger partial charge in [-0.3, -0.25) is 0 Å². The Bertz CT molecular complexity index is 568. The van der Waals surface area contributed by atoms with Crippen LogP contribution in [0.15, 0.2) is 36.4 Å². The van der Waals surface area contributed by atoms with Crippen LogP contribution in [0.5, 0.6) is 17.2 Å². The molecule has 0 saturated carbocycles. The molecule has 0 saturated heterocycles. The van der Waals surface area contributed by atoms with E-state index in [2.05, 4.69) is 19.1 Å². The maximum atomic E-state index is 5.88. The van der Waals surface area contributed by atoms with E-state index in [-0.39, 0.29) is 0 Å². The third-order valence-corrected chi connectivity index (χ3v) is 3.26. The Balaban J connectivity index is 2.23. The SMILES string of the molecule is COc1cc(CN)cc(OC)c1OCc1ccc(C)cc1. The van der Waals surface area contributed by atoms with Crippen molar-refractivity contribution in [3.8, 4) is 17.2 Å². The van der Waals surface area contributed by atoms with Gasteiger partial charge in [0.25, 0.3) is 0 Å². The maximum Gasteiger partial charge on any atom is 0.203 e. The van der Waals surface area contributed by atoms with Crippen LogP contribution in [0.1, 0.15) is 16.7 Å². The van der Waals surface area contributed by atoms with Gasteiger partial charge in [-0.2, -0.15) is 0 Å². The summed E-state index contributed by atoms with van der Waals surface area (Å²) in [7, 11) is 3.21. The summed E-state index contributed by atoms with van der Waals surface area (Å²) in [4.78, 5) is 0. The van der Waals surface area contributed by atoms with Crippen LogP contribution in [0.2, 0.25) is 0 Å². The molecule has 2 rings (SSSR count). The van der Waals surface area contributed by atoms with Crippen molar-refractivity contribution in [2.45, 2.75) is 20.1 Å². The molecule has 4 heteroatoms. The lowest BCUT2D eigenvalue weighted by Crippen LogP contribution is -2.03. The van der Waals surface area contributed by atoms with Gasteiger partial charge in [-0.25, -0.2) is 0 Å². The van der Waals surface area contributed by atoms with Crippen LogP contribution in [-0.4, -0.2) is 14.2 Å². The molecule has 0 radical (unpaired) electrons. The highest BCUT2D eigenvalue weighted by atomic mass is 16.5. The Hall–Kier alpha value is -2.20. The number of aryl methyl sites for hydroxylation is 1. The summed E-state index contributed by atoms with van der Waals surface area (Å²) in [6.45, 7) is 2.93. The van der Waals surface area contributed by atoms with Gasteiger partial charge in [0, 0.05) is 6.54 Å². The van der Waals surface area contributed by atoms with Crippen molar-refractivity contribution in [2.24, 2.45) is 5.73 Å². The molecule has 112 valence electrons. The summed E-state index contributed by atoms with van der Waals surface area (Å²) in [6.07, 6.45) is 0. The number of rotatable bonds is 6. The molecule has 0 amide bonds. The third-order valence-electron chi connectivity index (χ3n) is 3.26. The average molecular weight is 287 g/mol. The molecule has 0 aliphatic carbocycles. The molecular weight excluding hydrogens is 266 g/mol. The lowest BCUT2D eigenvalue weighted by Gasteiger charge is -2.16. The Kier molecular flexibility index (Phi) is 5.06. The van der Waals surface area contributed by atoms with Crippen LogP contribution >= 0.6 is 0 Å². The standard InChI is InChI=1S/C17H21NO3/c1-12-4-6-13(7-5-12)11-21-17-15(19-2)8-14(10-18)9-16(17)20-3/h4-9H,10-11,18H2,1-3H3. The summed E-state index contributed by atoms with van der Waals surface area (Å²) in [5.41, 5.74) is 8.92. The second kappa shape index (κ2) is 6.99. The van der Waals surface area contributed by atoms with Crippen LogP contribution in [0.4, 0.5) is 0 Å². The van der Waals surface area contributed by atoms with Gasteiger partial charge in [0.05, 0.1) is 14.2 Å². The Labute approximate surface area is 125 Å². The van der Waals surface area contributed by atoms with Gasteiger partial charge >= 0.3 is 0 Å². The predicted molar refractivity (Wildman–Crippen MR) is 82.9 cm³/mol. The van der Waals surface area contributed by atoms with Gasteiger partial charge in [-0.15, -0.1) is 0 Å². The van der Waals surface area contributed by atoms with Crippen LogP contribution in [0, 0.1) is 6.92 Å². The molecule has 0 aliphatic rings. The summed E-state index contributed by atoms with van der Waals surface area (Å²) in [6, 6.07) is 11.9. The van der Waals surface area contributed by atoms with Crippen molar-refractivity contribution >= 4 is 0 Å². The van der Waals surface area contributed by atoms with Crippen molar-refractivity contribution < 1.29 is 14.2 Å². The summed E-state index contributed by atoms with van der Waals surface area (Å²) in [5.74, 6) is 1.85. The van der Waals surface area contributed by atoms with E-state index >= 15 is 0 Å². The molecule has 2 aromatic carbocycles.